The maximum absolute atomic E-state index is 13.2. The van der Waals surface area contributed by atoms with Gasteiger partial charge in [0.15, 0.2) is 5.13 Å². The van der Waals surface area contributed by atoms with E-state index in [-0.39, 0.29) is 18.3 Å². The van der Waals surface area contributed by atoms with Crippen LogP contribution < -0.4 is 4.90 Å². The lowest BCUT2D eigenvalue weighted by Gasteiger charge is -2.27. The van der Waals surface area contributed by atoms with Crippen LogP contribution in [0.5, 0.6) is 0 Å². The highest BCUT2D eigenvalue weighted by molar-refractivity contribution is 8.00. The molecule has 3 aromatic rings. The van der Waals surface area contributed by atoms with Crippen LogP contribution in [0.2, 0.25) is 0 Å². The van der Waals surface area contributed by atoms with Gasteiger partial charge in [0.05, 0.1) is 29.2 Å². The van der Waals surface area contributed by atoms with Gasteiger partial charge in [-0.25, -0.2) is 4.98 Å². The number of benzene rings is 2. The zero-order chi connectivity index (χ0) is 20.8. The van der Waals surface area contributed by atoms with E-state index in [4.69, 9.17) is 9.72 Å². The summed E-state index contributed by atoms with van der Waals surface area (Å²) < 4.78 is 6.57. The van der Waals surface area contributed by atoms with Gasteiger partial charge in [-0.1, -0.05) is 35.6 Å². The quantitative estimate of drug-likeness (QED) is 0.433. The number of carbonyl (C=O) groups is 1. The summed E-state index contributed by atoms with van der Waals surface area (Å²) in [5.74, 6) is 0.526. The highest BCUT2D eigenvalue weighted by Gasteiger charge is 2.20. The number of ether oxygens (including phenoxy) is 1. The molecule has 8 heteroatoms. The Morgan fingerprint density at radius 1 is 1.19 bits per heavy atom. The number of thiazole rings is 1. The fourth-order valence-electron chi connectivity index (χ4n) is 3.48. The second-order valence-corrected chi connectivity index (χ2v) is 9.48. The molecule has 0 spiro atoms. The summed E-state index contributed by atoms with van der Waals surface area (Å²) in [4.78, 5) is 23.4. The van der Waals surface area contributed by atoms with Crippen LogP contribution in [0.4, 0.5) is 5.13 Å². The molecule has 1 saturated heterocycles. The number of hydrogen-bond donors (Lipinski definition) is 0. The van der Waals surface area contributed by atoms with Gasteiger partial charge in [0.25, 0.3) is 0 Å². The van der Waals surface area contributed by atoms with E-state index in [2.05, 4.69) is 24.0 Å². The molecule has 1 amide bonds. The SMILES string of the molecule is Cc1ccc2nc(N(CCCN3CCOCC3)C(=O)CSc3ccccc3)sc2c1.Cl. The number of morpholine rings is 1. The van der Waals surface area contributed by atoms with Gasteiger partial charge in [-0.2, -0.15) is 0 Å². The predicted octanol–water partition coefficient (Wildman–Crippen LogP) is 4.87. The van der Waals surface area contributed by atoms with E-state index in [0.29, 0.717) is 12.3 Å². The normalized spacial score (nSPS) is 14.4. The molecule has 2 heterocycles. The van der Waals surface area contributed by atoms with Crippen LogP contribution in [-0.2, 0) is 9.53 Å². The Morgan fingerprint density at radius 3 is 2.74 bits per heavy atom. The van der Waals surface area contributed by atoms with Crippen LogP contribution in [-0.4, -0.2) is 60.9 Å². The number of aryl methyl sites for hydroxylation is 1. The van der Waals surface area contributed by atoms with Crippen molar-refractivity contribution in [3.8, 4) is 0 Å². The van der Waals surface area contributed by atoms with E-state index in [1.54, 1.807) is 23.1 Å². The Bertz CT molecular complexity index is 977. The first-order chi connectivity index (χ1) is 14.7. The van der Waals surface area contributed by atoms with Gasteiger partial charge >= 0.3 is 0 Å². The number of thioether (sulfide) groups is 1. The van der Waals surface area contributed by atoms with E-state index >= 15 is 0 Å². The summed E-state index contributed by atoms with van der Waals surface area (Å²) in [7, 11) is 0. The molecular formula is C23H28ClN3O2S2. The maximum Gasteiger partial charge on any atom is 0.239 e. The monoisotopic (exact) mass is 477 g/mol. The van der Waals surface area contributed by atoms with Crippen LogP contribution in [0.25, 0.3) is 10.2 Å². The van der Waals surface area contributed by atoms with E-state index in [1.165, 1.54) is 5.56 Å². The summed E-state index contributed by atoms with van der Waals surface area (Å²) in [6.45, 7) is 7.28. The average molecular weight is 478 g/mol. The number of nitrogens with zero attached hydrogens (tertiary/aromatic N) is 3. The molecule has 0 atom stereocenters. The van der Waals surface area contributed by atoms with Crippen molar-refractivity contribution in [3.63, 3.8) is 0 Å². The van der Waals surface area contributed by atoms with Crippen LogP contribution in [0.3, 0.4) is 0 Å². The first-order valence-electron chi connectivity index (χ1n) is 10.3. The number of anilines is 1. The zero-order valence-electron chi connectivity index (χ0n) is 17.7. The Labute approximate surface area is 198 Å². The highest BCUT2D eigenvalue weighted by Crippen LogP contribution is 2.30. The molecule has 0 radical (unpaired) electrons. The maximum atomic E-state index is 13.2. The van der Waals surface area contributed by atoms with Crippen molar-refractivity contribution in [1.82, 2.24) is 9.88 Å². The minimum atomic E-state index is 0. The molecular weight excluding hydrogens is 450 g/mol. The third kappa shape index (κ3) is 6.67. The average Bonchev–Trinajstić information content (AvgIpc) is 3.19. The lowest BCUT2D eigenvalue weighted by molar-refractivity contribution is -0.116. The van der Waals surface area contributed by atoms with Crippen molar-refractivity contribution in [1.29, 1.82) is 0 Å². The van der Waals surface area contributed by atoms with Crippen molar-refractivity contribution in [2.24, 2.45) is 0 Å². The zero-order valence-corrected chi connectivity index (χ0v) is 20.1. The van der Waals surface area contributed by atoms with E-state index in [1.807, 2.05) is 41.3 Å². The minimum absolute atomic E-state index is 0. The van der Waals surface area contributed by atoms with Gasteiger partial charge < -0.3 is 4.74 Å². The van der Waals surface area contributed by atoms with Crippen molar-refractivity contribution < 1.29 is 9.53 Å². The topological polar surface area (TPSA) is 45.7 Å². The number of aromatic nitrogens is 1. The van der Waals surface area contributed by atoms with Crippen molar-refractivity contribution in [3.05, 3.63) is 54.1 Å². The van der Waals surface area contributed by atoms with Crippen molar-refractivity contribution >= 4 is 56.8 Å². The van der Waals surface area contributed by atoms with E-state index in [0.717, 1.165) is 59.5 Å². The van der Waals surface area contributed by atoms with Gasteiger partial charge in [-0.05, 0) is 43.2 Å². The smallest absolute Gasteiger partial charge is 0.239 e. The highest BCUT2D eigenvalue weighted by atomic mass is 35.5. The summed E-state index contributed by atoms with van der Waals surface area (Å²) in [6.07, 6.45) is 0.927. The van der Waals surface area contributed by atoms with Crippen LogP contribution in [0, 0.1) is 6.92 Å². The number of carbonyl (C=O) groups excluding carboxylic acids is 1. The molecule has 1 aliphatic heterocycles. The Kier molecular flexibility index (Phi) is 9.16. The molecule has 0 bridgehead atoms. The minimum Gasteiger partial charge on any atom is -0.379 e. The molecule has 0 aliphatic carbocycles. The van der Waals surface area contributed by atoms with Gasteiger partial charge in [0.1, 0.15) is 0 Å². The Morgan fingerprint density at radius 2 is 1.97 bits per heavy atom. The third-order valence-corrected chi connectivity index (χ3v) is 7.17. The summed E-state index contributed by atoms with van der Waals surface area (Å²) in [5, 5.41) is 0.802. The molecule has 1 aliphatic rings. The molecule has 31 heavy (non-hydrogen) atoms. The fraction of sp³-hybridized carbons (Fsp3) is 0.391. The number of halogens is 1. The van der Waals surface area contributed by atoms with Crippen LogP contribution in [0.1, 0.15) is 12.0 Å². The first kappa shape index (κ1) is 24.0. The number of amides is 1. The molecule has 0 unspecified atom stereocenters. The molecule has 0 saturated carbocycles. The molecule has 0 N–H and O–H groups in total. The molecule has 1 aromatic heterocycles. The molecule has 1 fully saturated rings. The van der Waals surface area contributed by atoms with Crippen molar-refractivity contribution in [2.45, 2.75) is 18.2 Å². The van der Waals surface area contributed by atoms with Gasteiger partial charge in [-0.15, -0.1) is 24.2 Å². The van der Waals surface area contributed by atoms with E-state index in [9.17, 15) is 4.79 Å². The Hall–Kier alpha value is -1.64. The van der Waals surface area contributed by atoms with E-state index < -0.39 is 0 Å². The van der Waals surface area contributed by atoms with Crippen LogP contribution >= 0.6 is 35.5 Å². The predicted molar refractivity (Wildman–Crippen MR) is 133 cm³/mol. The van der Waals surface area contributed by atoms with Gasteiger partial charge in [0.2, 0.25) is 5.91 Å². The molecule has 5 nitrogen and oxygen atoms in total. The second kappa shape index (κ2) is 11.8. The summed E-state index contributed by atoms with van der Waals surface area (Å²) in [5.41, 5.74) is 2.17. The number of rotatable bonds is 8. The fourth-order valence-corrected chi connectivity index (χ4v) is 5.38. The standard InChI is InChI=1S/C23H27N3O2S2.ClH/c1-18-8-9-20-21(16-18)30-23(24-20)26(11-5-10-25-12-14-28-15-13-25)22(27)17-29-19-6-3-2-4-7-19;/h2-4,6-9,16H,5,10-15,17H2,1H3;1H. The second-order valence-electron chi connectivity index (χ2n) is 7.42. The van der Waals surface area contributed by atoms with Crippen LogP contribution in [0.15, 0.2) is 53.4 Å². The number of fused-ring (bicyclic) bond motifs is 1. The third-order valence-electron chi connectivity index (χ3n) is 5.13. The molecule has 4 rings (SSSR count). The molecule has 2 aromatic carbocycles. The summed E-state index contributed by atoms with van der Waals surface area (Å²) in [6, 6.07) is 16.3. The molecule has 166 valence electrons. The van der Waals surface area contributed by atoms with Gasteiger partial charge in [0, 0.05) is 31.1 Å². The van der Waals surface area contributed by atoms with Gasteiger partial charge in [-0.3, -0.25) is 14.6 Å². The lowest BCUT2D eigenvalue weighted by atomic mass is 10.2. The number of hydrogen-bond acceptors (Lipinski definition) is 6. The van der Waals surface area contributed by atoms with Crippen molar-refractivity contribution in [2.75, 3.05) is 50.0 Å². The summed E-state index contributed by atoms with van der Waals surface area (Å²) >= 11 is 3.19. The largest absolute Gasteiger partial charge is 0.379 e. The first-order valence-corrected chi connectivity index (χ1v) is 12.1. The lowest BCUT2D eigenvalue weighted by Crippen LogP contribution is -2.39. The Balaban J connectivity index is 0.00000272.